The molecule has 1 saturated carbocycles. The van der Waals surface area contributed by atoms with Gasteiger partial charge in [-0.3, -0.25) is 14.5 Å². The van der Waals surface area contributed by atoms with E-state index in [2.05, 4.69) is 20.4 Å². The van der Waals surface area contributed by atoms with Gasteiger partial charge in [0.05, 0.1) is 30.0 Å². The molecule has 146 valence electrons. The molecule has 2 heterocycles. The normalized spacial score (nSPS) is 16.4. The quantitative estimate of drug-likeness (QED) is 0.777. The topological polar surface area (TPSA) is 107 Å². The van der Waals surface area contributed by atoms with Crippen LogP contribution in [0.15, 0.2) is 29.7 Å². The van der Waals surface area contributed by atoms with Crippen molar-refractivity contribution in [3.63, 3.8) is 0 Å². The lowest BCUT2D eigenvalue weighted by Crippen LogP contribution is -2.28. The molecule has 0 saturated heterocycles. The van der Waals surface area contributed by atoms with Crippen LogP contribution < -0.4 is 5.32 Å². The number of sulfone groups is 1. The van der Waals surface area contributed by atoms with Crippen molar-refractivity contribution < 1.29 is 13.2 Å². The number of aryl methyl sites for hydroxylation is 1. The van der Waals surface area contributed by atoms with Gasteiger partial charge >= 0.3 is 0 Å². The first kappa shape index (κ1) is 19.5. The van der Waals surface area contributed by atoms with Crippen molar-refractivity contribution in [1.82, 2.24) is 19.7 Å². The third-order valence-corrected chi connectivity index (χ3v) is 6.69. The summed E-state index contributed by atoms with van der Waals surface area (Å²) in [4.78, 5) is 21.4. The van der Waals surface area contributed by atoms with Gasteiger partial charge in [0.15, 0.2) is 15.7 Å². The zero-order valence-electron chi connectivity index (χ0n) is 15.6. The summed E-state index contributed by atoms with van der Waals surface area (Å²) in [6, 6.07) is -0.586. The first-order valence-electron chi connectivity index (χ1n) is 9.25. The Morgan fingerprint density at radius 1 is 1.26 bits per heavy atom. The lowest BCUT2D eigenvalue weighted by atomic mass is 9.98. The van der Waals surface area contributed by atoms with Crippen molar-refractivity contribution in [1.29, 1.82) is 0 Å². The van der Waals surface area contributed by atoms with Crippen molar-refractivity contribution in [2.75, 3.05) is 11.1 Å². The van der Waals surface area contributed by atoms with E-state index in [9.17, 15) is 13.2 Å². The summed E-state index contributed by atoms with van der Waals surface area (Å²) in [5, 5.41) is 6.97. The molecule has 1 fully saturated rings. The fourth-order valence-electron chi connectivity index (χ4n) is 3.38. The summed E-state index contributed by atoms with van der Waals surface area (Å²) in [5.74, 6) is 0.538. The van der Waals surface area contributed by atoms with Crippen LogP contribution in [0, 0.1) is 12.8 Å². The molecule has 2 aromatic heterocycles. The molecule has 1 aliphatic rings. The Labute approximate surface area is 159 Å². The van der Waals surface area contributed by atoms with Crippen LogP contribution in [0.25, 0.3) is 0 Å². The van der Waals surface area contributed by atoms with Gasteiger partial charge in [-0.15, -0.1) is 0 Å². The van der Waals surface area contributed by atoms with Crippen LogP contribution in [0.1, 0.15) is 50.8 Å². The first-order valence-corrected chi connectivity index (χ1v) is 10.9. The second kappa shape index (κ2) is 8.16. The Morgan fingerprint density at radius 3 is 2.63 bits per heavy atom. The number of rotatable bonds is 7. The summed E-state index contributed by atoms with van der Waals surface area (Å²) in [7, 11) is -3.36. The minimum atomic E-state index is -3.36. The Kier molecular flexibility index (Phi) is 5.88. The van der Waals surface area contributed by atoms with Crippen LogP contribution in [-0.2, 0) is 14.6 Å². The molecule has 1 N–H and O–H groups in total. The third-order valence-electron chi connectivity index (χ3n) is 5.00. The number of carbonyl (C=O) groups is 1. The van der Waals surface area contributed by atoms with Crippen LogP contribution in [0.3, 0.4) is 0 Å². The molecule has 1 aliphatic carbocycles. The minimum Gasteiger partial charge on any atom is -0.308 e. The zero-order valence-corrected chi connectivity index (χ0v) is 16.4. The minimum absolute atomic E-state index is 0.00284. The highest BCUT2D eigenvalue weighted by molar-refractivity contribution is 7.91. The predicted octanol–water partition coefficient (Wildman–Crippen LogP) is 2.54. The average Bonchev–Trinajstić information content (AvgIpc) is 3.33. The zero-order chi connectivity index (χ0) is 19.4. The molecule has 3 rings (SSSR count). The first-order chi connectivity index (χ1) is 12.9. The van der Waals surface area contributed by atoms with Gasteiger partial charge in [-0.2, -0.15) is 5.10 Å². The summed E-state index contributed by atoms with van der Waals surface area (Å²) in [6.07, 6.45) is 11.0. The standard InChI is InChI=1S/C18H25N5O3S/c1-3-27(25,26)15-10-21-23(12-15)16(8-14-6-4-5-7-14)18(24)22-17-11-19-13(2)9-20-17/h9-12,14,16H,3-8H2,1-2H3,(H,20,22,24)/t16-/m0/s1. The molecule has 0 unspecified atom stereocenters. The van der Waals surface area contributed by atoms with Crippen LogP contribution in [0.2, 0.25) is 0 Å². The van der Waals surface area contributed by atoms with Crippen LogP contribution in [0.5, 0.6) is 0 Å². The van der Waals surface area contributed by atoms with E-state index >= 15 is 0 Å². The number of nitrogens with zero attached hydrogens (tertiary/aromatic N) is 4. The number of anilines is 1. The molecule has 27 heavy (non-hydrogen) atoms. The highest BCUT2D eigenvalue weighted by Crippen LogP contribution is 2.32. The smallest absolute Gasteiger partial charge is 0.250 e. The lowest BCUT2D eigenvalue weighted by molar-refractivity contribution is -0.120. The third kappa shape index (κ3) is 4.71. The van der Waals surface area contributed by atoms with Gasteiger partial charge < -0.3 is 5.32 Å². The molecule has 9 heteroatoms. The van der Waals surface area contributed by atoms with Crippen LogP contribution in [-0.4, -0.2) is 39.8 Å². The van der Waals surface area contributed by atoms with E-state index < -0.39 is 15.9 Å². The van der Waals surface area contributed by atoms with E-state index in [0.717, 1.165) is 31.4 Å². The van der Waals surface area contributed by atoms with Gasteiger partial charge in [-0.25, -0.2) is 13.4 Å². The van der Waals surface area contributed by atoms with E-state index in [1.807, 2.05) is 6.92 Å². The maximum Gasteiger partial charge on any atom is 0.250 e. The molecule has 2 aromatic rings. The Balaban J connectivity index is 1.83. The monoisotopic (exact) mass is 391 g/mol. The van der Waals surface area contributed by atoms with E-state index in [1.165, 1.54) is 23.3 Å². The fraction of sp³-hybridized carbons (Fsp3) is 0.556. The SMILES string of the molecule is CCS(=O)(=O)c1cnn([C@@H](CC2CCCC2)C(=O)Nc2cnc(C)cn2)c1. The molecule has 0 bridgehead atoms. The Hall–Kier alpha value is -2.29. The van der Waals surface area contributed by atoms with Crippen LogP contribution >= 0.6 is 0 Å². The molecule has 0 aromatic carbocycles. The highest BCUT2D eigenvalue weighted by atomic mass is 32.2. The molecule has 1 amide bonds. The molecule has 1 atom stereocenters. The molecule has 0 spiro atoms. The molecular weight excluding hydrogens is 366 g/mol. The van der Waals surface area contributed by atoms with Crippen molar-refractivity contribution in [2.24, 2.45) is 5.92 Å². The van der Waals surface area contributed by atoms with E-state index in [4.69, 9.17) is 0 Å². The number of amides is 1. The Morgan fingerprint density at radius 2 is 2.00 bits per heavy atom. The maximum absolute atomic E-state index is 12.9. The van der Waals surface area contributed by atoms with Crippen molar-refractivity contribution in [2.45, 2.75) is 56.9 Å². The lowest BCUT2D eigenvalue weighted by Gasteiger charge is -2.20. The van der Waals surface area contributed by atoms with Crippen molar-refractivity contribution in [3.05, 3.63) is 30.5 Å². The van der Waals surface area contributed by atoms with Crippen molar-refractivity contribution in [3.8, 4) is 0 Å². The van der Waals surface area contributed by atoms with Gasteiger partial charge in [0, 0.05) is 6.20 Å². The Bertz CT molecular complexity index is 886. The van der Waals surface area contributed by atoms with Crippen LogP contribution in [0.4, 0.5) is 5.82 Å². The second-order valence-corrected chi connectivity index (χ2v) is 9.27. The maximum atomic E-state index is 12.9. The largest absolute Gasteiger partial charge is 0.308 e. The van der Waals surface area contributed by atoms with E-state index in [0.29, 0.717) is 18.2 Å². The summed E-state index contributed by atoms with van der Waals surface area (Å²) in [5.41, 5.74) is 0.761. The number of nitrogens with one attached hydrogen (secondary N) is 1. The van der Waals surface area contributed by atoms with E-state index in [1.54, 1.807) is 13.1 Å². The molecular formula is C18H25N5O3S. The summed E-state index contributed by atoms with van der Waals surface area (Å²) in [6.45, 7) is 3.41. The predicted molar refractivity (Wildman–Crippen MR) is 101 cm³/mol. The van der Waals surface area contributed by atoms with Gasteiger partial charge in [0.25, 0.3) is 0 Å². The van der Waals surface area contributed by atoms with Gasteiger partial charge in [0.2, 0.25) is 5.91 Å². The highest BCUT2D eigenvalue weighted by Gasteiger charge is 2.28. The van der Waals surface area contributed by atoms with Gasteiger partial charge in [-0.05, 0) is 19.3 Å². The molecule has 0 aliphatic heterocycles. The molecule has 8 nitrogen and oxygen atoms in total. The van der Waals surface area contributed by atoms with E-state index in [-0.39, 0.29) is 16.6 Å². The summed E-state index contributed by atoms with van der Waals surface area (Å²) >= 11 is 0. The number of hydrogen-bond acceptors (Lipinski definition) is 6. The van der Waals surface area contributed by atoms with Gasteiger partial charge in [0.1, 0.15) is 10.9 Å². The molecule has 0 radical (unpaired) electrons. The summed E-state index contributed by atoms with van der Waals surface area (Å²) < 4.78 is 25.7. The average molecular weight is 391 g/mol. The van der Waals surface area contributed by atoms with Crippen molar-refractivity contribution >= 4 is 21.6 Å². The fourth-order valence-corrected chi connectivity index (χ4v) is 4.19. The number of aromatic nitrogens is 4. The number of hydrogen-bond donors (Lipinski definition) is 1. The van der Waals surface area contributed by atoms with Gasteiger partial charge in [-0.1, -0.05) is 32.6 Å². The number of carbonyl (C=O) groups excluding carboxylic acids is 1. The second-order valence-electron chi connectivity index (χ2n) is 6.99.